The number of anilines is 1. The molecule has 1 N–H and O–H groups in total. The van der Waals surface area contributed by atoms with E-state index in [-0.39, 0.29) is 34.6 Å². The molecule has 2 aromatic rings. The maximum Gasteiger partial charge on any atom is 0.430 e. The maximum absolute atomic E-state index is 14.1. The average molecular weight is 634 g/mol. The van der Waals surface area contributed by atoms with Crippen LogP contribution in [0.3, 0.4) is 0 Å². The minimum Gasteiger partial charge on any atom is -0.368 e. The van der Waals surface area contributed by atoms with Gasteiger partial charge in [0, 0.05) is 50.9 Å². The maximum atomic E-state index is 14.1. The Kier molecular flexibility index (Phi) is 9.35. The van der Waals surface area contributed by atoms with Crippen LogP contribution in [0.1, 0.15) is 54.9 Å². The monoisotopic (exact) mass is 632 g/mol. The molecule has 1 atom stereocenters. The molecule has 2 fully saturated rings. The third-order valence-corrected chi connectivity index (χ3v) is 8.95. The summed E-state index contributed by atoms with van der Waals surface area (Å²) in [4.78, 5) is 34.4. The Hall–Kier alpha value is -2.63. The molecule has 1 aromatic carbocycles. The van der Waals surface area contributed by atoms with Crippen LogP contribution in [0.5, 0.6) is 0 Å². The van der Waals surface area contributed by atoms with Gasteiger partial charge in [-0.1, -0.05) is 30.1 Å². The number of halogens is 6. The van der Waals surface area contributed by atoms with Crippen molar-refractivity contribution in [1.82, 2.24) is 14.8 Å². The number of pyridine rings is 1. The third-order valence-electron chi connectivity index (χ3n) is 8.45. The van der Waals surface area contributed by atoms with E-state index in [0.29, 0.717) is 36.2 Å². The molecule has 3 heterocycles. The fourth-order valence-electron chi connectivity index (χ4n) is 5.92. The summed E-state index contributed by atoms with van der Waals surface area (Å²) in [5, 5.41) is 10.5. The number of carbonyl (C=O) groups excluding carboxylic acids is 2. The first-order valence-corrected chi connectivity index (χ1v) is 14.5. The van der Waals surface area contributed by atoms with Crippen molar-refractivity contribution in [2.75, 3.05) is 45.2 Å². The van der Waals surface area contributed by atoms with Crippen LogP contribution in [0.2, 0.25) is 10.2 Å². The van der Waals surface area contributed by atoms with Gasteiger partial charge in [-0.2, -0.15) is 13.2 Å². The van der Waals surface area contributed by atoms with Crippen LogP contribution >= 0.6 is 23.2 Å². The molecule has 13 heteroatoms. The molecule has 7 nitrogen and oxygen atoms in total. The van der Waals surface area contributed by atoms with E-state index in [9.17, 15) is 32.3 Å². The minimum atomic E-state index is -5.38. The lowest BCUT2D eigenvalue weighted by molar-refractivity contribution is -0.262. The summed E-state index contributed by atoms with van der Waals surface area (Å²) in [6.45, 7) is 3.63. The number of carbonyl (C=O) groups is 2. The van der Waals surface area contributed by atoms with E-state index in [1.807, 2.05) is 0 Å². The molecule has 1 aromatic heterocycles. The van der Waals surface area contributed by atoms with Crippen LogP contribution in [0.15, 0.2) is 30.3 Å². The molecule has 0 bridgehead atoms. The smallest absolute Gasteiger partial charge is 0.368 e. The van der Waals surface area contributed by atoms with Crippen molar-refractivity contribution in [3.8, 4) is 0 Å². The number of hydrogen-bond acceptors (Lipinski definition) is 5. The number of benzene rings is 1. The molecule has 2 amide bonds. The quantitative estimate of drug-likeness (QED) is 0.316. The number of amides is 2. The number of hydrogen-bond donors (Lipinski definition) is 1. The lowest BCUT2D eigenvalue weighted by Gasteiger charge is -2.44. The molecule has 0 saturated carbocycles. The molecule has 0 radical (unpaired) electrons. The fourth-order valence-corrected chi connectivity index (χ4v) is 6.37. The van der Waals surface area contributed by atoms with E-state index >= 15 is 0 Å². The summed E-state index contributed by atoms with van der Waals surface area (Å²) >= 11 is 12.0. The number of alkyl halides is 3. The van der Waals surface area contributed by atoms with Crippen molar-refractivity contribution >= 4 is 40.8 Å². The van der Waals surface area contributed by atoms with Gasteiger partial charge in [-0.15, -0.1) is 0 Å². The lowest BCUT2D eigenvalue weighted by atomic mass is 9.71. The fraction of sp³-hybridized carbons (Fsp3) is 0.552. The first-order valence-electron chi connectivity index (χ1n) is 13.7. The van der Waals surface area contributed by atoms with E-state index in [2.05, 4.69) is 16.8 Å². The van der Waals surface area contributed by atoms with Crippen LogP contribution in [-0.4, -0.2) is 78.2 Å². The Bertz CT molecular complexity index is 1310. The van der Waals surface area contributed by atoms with Crippen LogP contribution in [0.4, 0.5) is 23.4 Å². The second-order valence-electron chi connectivity index (χ2n) is 11.8. The predicted molar refractivity (Wildman–Crippen MR) is 152 cm³/mol. The summed E-state index contributed by atoms with van der Waals surface area (Å²) in [6, 6.07) is 5.52. The van der Waals surface area contributed by atoms with Gasteiger partial charge in [0.05, 0.1) is 5.56 Å². The van der Waals surface area contributed by atoms with E-state index < -0.39 is 29.1 Å². The van der Waals surface area contributed by atoms with Crippen LogP contribution in [0.25, 0.3) is 0 Å². The molecule has 0 spiro atoms. The van der Waals surface area contributed by atoms with Crippen LogP contribution in [0, 0.1) is 17.2 Å². The molecule has 4 rings (SSSR count). The number of aliphatic hydroxyl groups is 1. The first-order chi connectivity index (χ1) is 19.5. The van der Waals surface area contributed by atoms with Gasteiger partial charge < -0.3 is 19.8 Å². The first kappa shape index (κ1) is 32.3. The van der Waals surface area contributed by atoms with Crippen molar-refractivity contribution < 1.29 is 32.3 Å². The SMILES string of the molecule is CN(C)C(=O)c1ccc(N2CCC(CC3(C)CCN(C(=O)C(O)(c4cc(F)cc(Cl)c4)C(F)(F)F)CC3)CC2)nc1Cl. The summed E-state index contributed by atoms with van der Waals surface area (Å²) < 4.78 is 56.1. The largest absolute Gasteiger partial charge is 0.430 e. The Morgan fingerprint density at radius 3 is 2.21 bits per heavy atom. The molecular weight excluding hydrogens is 599 g/mol. The van der Waals surface area contributed by atoms with Gasteiger partial charge in [0.1, 0.15) is 16.8 Å². The van der Waals surface area contributed by atoms with Gasteiger partial charge in [0.2, 0.25) is 0 Å². The van der Waals surface area contributed by atoms with E-state index in [1.165, 1.54) is 4.90 Å². The number of likely N-dealkylation sites (tertiary alicyclic amines) is 1. The summed E-state index contributed by atoms with van der Waals surface area (Å²) in [5.74, 6) is -1.76. The molecule has 1 unspecified atom stereocenters. The Balaban J connectivity index is 1.36. The minimum absolute atomic E-state index is 0.0378. The average Bonchev–Trinajstić information content (AvgIpc) is 2.91. The Morgan fingerprint density at radius 1 is 1.07 bits per heavy atom. The van der Waals surface area contributed by atoms with E-state index in [0.717, 1.165) is 49.4 Å². The number of nitrogens with zero attached hydrogens (tertiary/aromatic N) is 4. The predicted octanol–water partition coefficient (Wildman–Crippen LogP) is 5.91. The highest BCUT2D eigenvalue weighted by Crippen LogP contribution is 2.45. The van der Waals surface area contributed by atoms with Crippen molar-refractivity contribution in [3.05, 3.63) is 57.5 Å². The molecule has 42 heavy (non-hydrogen) atoms. The zero-order valence-electron chi connectivity index (χ0n) is 23.6. The molecule has 0 aliphatic carbocycles. The van der Waals surface area contributed by atoms with Gasteiger partial charge in [-0.05, 0) is 73.8 Å². The molecule has 2 saturated heterocycles. The number of rotatable bonds is 6. The van der Waals surface area contributed by atoms with Gasteiger partial charge in [-0.3, -0.25) is 9.59 Å². The molecule has 2 aliphatic rings. The van der Waals surface area contributed by atoms with Crippen LogP contribution < -0.4 is 4.90 Å². The highest BCUT2D eigenvalue weighted by atomic mass is 35.5. The van der Waals surface area contributed by atoms with Crippen molar-refractivity contribution in [3.63, 3.8) is 0 Å². The highest BCUT2D eigenvalue weighted by Gasteiger charge is 2.62. The lowest BCUT2D eigenvalue weighted by Crippen LogP contribution is -2.57. The van der Waals surface area contributed by atoms with Gasteiger partial charge >= 0.3 is 6.18 Å². The van der Waals surface area contributed by atoms with Crippen molar-refractivity contribution in [1.29, 1.82) is 0 Å². The highest BCUT2D eigenvalue weighted by molar-refractivity contribution is 6.32. The second-order valence-corrected chi connectivity index (χ2v) is 12.6. The van der Waals surface area contributed by atoms with Crippen molar-refractivity contribution in [2.45, 2.75) is 50.8 Å². The molecule has 230 valence electrons. The van der Waals surface area contributed by atoms with E-state index in [1.54, 1.807) is 26.2 Å². The van der Waals surface area contributed by atoms with Gasteiger partial charge in [-0.25, -0.2) is 9.37 Å². The molecule has 2 aliphatic heterocycles. The third kappa shape index (κ3) is 6.63. The zero-order valence-corrected chi connectivity index (χ0v) is 25.2. The second kappa shape index (κ2) is 12.2. The van der Waals surface area contributed by atoms with Gasteiger partial charge in [0.15, 0.2) is 0 Å². The summed E-state index contributed by atoms with van der Waals surface area (Å²) in [6.07, 6.45) is -1.84. The standard InChI is InChI=1S/C29H34Cl2F4N4O3/c1-27(17-18-6-10-38(11-7-18)23-5-4-22(24(31)36-23)25(40)37(2)3)8-12-39(13-9-27)26(41)28(42,29(33,34)35)19-14-20(30)16-21(32)15-19/h4-5,14-16,18,42H,6-13,17H2,1-3H3. The summed E-state index contributed by atoms with van der Waals surface area (Å²) in [5.41, 5.74) is -4.71. The van der Waals surface area contributed by atoms with Crippen molar-refractivity contribution in [2.24, 2.45) is 11.3 Å². The number of aromatic nitrogens is 1. The molecular formula is C29H34Cl2F4N4O3. The Labute approximate surface area is 252 Å². The van der Waals surface area contributed by atoms with Crippen LogP contribution in [-0.2, 0) is 10.4 Å². The number of piperidine rings is 2. The zero-order chi connectivity index (χ0) is 31.0. The topological polar surface area (TPSA) is 77.0 Å². The Morgan fingerprint density at radius 2 is 1.69 bits per heavy atom. The summed E-state index contributed by atoms with van der Waals surface area (Å²) in [7, 11) is 3.29. The normalized spacial score (nSPS) is 19.4. The van der Waals surface area contributed by atoms with E-state index in [4.69, 9.17) is 23.2 Å². The van der Waals surface area contributed by atoms with Gasteiger partial charge in [0.25, 0.3) is 17.4 Å².